The first-order valence-corrected chi connectivity index (χ1v) is 6.48. The summed E-state index contributed by atoms with van der Waals surface area (Å²) in [6.07, 6.45) is 0. The number of carbonyl (C=O) groups is 2. The molecular formula is C11H11N5O3S. The number of nitrogens with zero attached hydrogens (tertiary/aromatic N) is 4. The van der Waals surface area contributed by atoms with E-state index < -0.39 is 11.9 Å². The van der Waals surface area contributed by atoms with Crippen molar-refractivity contribution in [2.24, 2.45) is 5.73 Å². The zero-order valence-electron chi connectivity index (χ0n) is 10.5. The number of methoxy groups -OCH3 is 1. The normalized spacial score (nSPS) is 10.2. The van der Waals surface area contributed by atoms with Crippen LogP contribution >= 0.6 is 11.8 Å². The zero-order valence-corrected chi connectivity index (χ0v) is 11.3. The Bertz CT molecular complexity index is 625. The fourth-order valence-corrected chi connectivity index (χ4v) is 2.05. The molecule has 1 heterocycles. The molecule has 0 saturated heterocycles. The van der Waals surface area contributed by atoms with Crippen molar-refractivity contribution in [3.63, 3.8) is 0 Å². The highest BCUT2D eigenvalue weighted by molar-refractivity contribution is 7.99. The summed E-state index contributed by atoms with van der Waals surface area (Å²) in [7, 11) is 1.32. The van der Waals surface area contributed by atoms with Gasteiger partial charge in [0.15, 0.2) is 0 Å². The third kappa shape index (κ3) is 3.12. The minimum Gasteiger partial charge on any atom is -0.465 e. The Morgan fingerprint density at radius 2 is 2.05 bits per heavy atom. The van der Waals surface area contributed by atoms with Gasteiger partial charge in [-0.15, -0.1) is 5.10 Å². The van der Waals surface area contributed by atoms with E-state index in [-0.39, 0.29) is 5.75 Å². The lowest BCUT2D eigenvalue weighted by Crippen LogP contribution is -2.13. The average molecular weight is 293 g/mol. The fraction of sp³-hybridized carbons (Fsp3) is 0.182. The van der Waals surface area contributed by atoms with E-state index in [0.717, 1.165) is 11.8 Å². The third-order valence-corrected chi connectivity index (χ3v) is 3.26. The molecule has 1 aromatic heterocycles. The molecule has 2 N–H and O–H groups in total. The molecule has 0 saturated carbocycles. The Kier molecular flexibility index (Phi) is 4.31. The van der Waals surface area contributed by atoms with E-state index >= 15 is 0 Å². The lowest BCUT2D eigenvalue weighted by Gasteiger charge is -2.04. The van der Waals surface area contributed by atoms with Gasteiger partial charge in [0.2, 0.25) is 11.1 Å². The second-order valence-corrected chi connectivity index (χ2v) is 4.61. The van der Waals surface area contributed by atoms with Crippen molar-refractivity contribution < 1.29 is 14.3 Å². The van der Waals surface area contributed by atoms with Crippen LogP contribution in [0.15, 0.2) is 29.4 Å². The number of thioether (sulfide) groups is 1. The SMILES string of the molecule is COC(=O)c1ccc(-n2nnnc2SCC(N)=O)cc1. The van der Waals surface area contributed by atoms with E-state index in [4.69, 9.17) is 5.73 Å². The average Bonchev–Trinajstić information content (AvgIpc) is 2.93. The molecule has 0 aliphatic carbocycles. The van der Waals surface area contributed by atoms with Crippen LogP contribution in [-0.4, -0.2) is 44.9 Å². The number of nitrogens with two attached hydrogens (primary N) is 1. The third-order valence-electron chi connectivity index (χ3n) is 2.32. The van der Waals surface area contributed by atoms with E-state index in [9.17, 15) is 9.59 Å². The van der Waals surface area contributed by atoms with E-state index in [1.165, 1.54) is 11.8 Å². The molecule has 0 unspecified atom stereocenters. The minimum absolute atomic E-state index is 0.0839. The van der Waals surface area contributed by atoms with E-state index in [2.05, 4.69) is 20.3 Å². The van der Waals surface area contributed by atoms with Gasteiger partial charge < -0.3 is 10.5 Å². The van der Waals surface area contributed by atoms with Crippen LogP contribution in [-0.2, 0) is 9.53 Å². The van der Waals surface area contributed by atoms with Gasteiger partial charge in [0.25, 0.3) is 0 Å². The van der Waals surface area contributed by atoms with Crippen molar-refractivity contribution in [1.82, 2.24) is 20.2 Å². The maximum atomic E-state index is 11.3. The molecule has 8 nitrogen and oxygen atoms in total. The Balaban J connectivity index is 2.21. The van der Waals surface area contributed by atoms with Gasteiger partial charge in [-0.3, -0.25) is 4.79 Å². The summed E-state index contributed by atoms with van der Waals surface area (Å²) in [5, 5.41) is 11.6. The largest absolute Gasteiger partial charge is 0.465 e. The smallest absolute Gasteiger partial charge is 0.337 e. The topological polar surface area (TPSA) is 113 Å². The summed E-state index contributed by atoms with van der Waals surface area (Å²) >= 11 is 1.13. The number of carbonyl (C=O) groups excluding carboxylic acids is 2. The quantitative estimate of drug-likeness (QED) is 0.611. The summed E-state index contributed by atoms with van der Waals surface area (Å²) in [4.78, 5) is 22.1. The molecule has 9 heteroatoms. The molecule has 2 aromatic rings. The molecular weight excluding hydrogens is 282 g/mol. The molecule has 20 heavy (non-hydrogen) atoms. The van der Waals surface area contributed by atoms with Gasteiger partial charge in [-0.25, -0.2) is 4.79 Å². The second-order valence-electron chi connectivity index (χ2n) is 3.67. The van der Waals surface area contributed by atoms with Crippen LogP contribution in [0.4, 0.5) is 0 Å². The molecule has 1 amide bonds. The van der Waals surface area contributed by atoms with E-state index in [0.29, 0.717) is 16.4 Å². The van der Waals surface area contributed by atoms with Crippen molar-refractivity contribution in [3.8, 4) is 5.69 Å². The van der Waals surface area contributed by atoms with Crippen molar-refractivity contribution in [2.75, 3.05) is 12.9 Å². The molecule has 104 valence electrons. The summed E-state index contributed by atoms with van der Waals surface area (Å²) in [6, 6.07) is 6.56. The number of aromatic nitrogens is 4. The van der Waals surface area contributed by atoms with Crippen molar-refractivity contribution in [2.45, 2.75) is 5.16 Å². The number of amides is 1. The highest BCUT2D eigenvalue weighted by Crippen LogP contribution is 2.18. The summed E-state index contributed by atoms with van der Waals surface area (Å²) in [6.45, 7) is 0. The number of rotatable bonds is 5. The number of hydrogen-bond donors (Lipinski definition) is 1. The van der Waals surface area contributed by atoms with Gasteiger partial charge in [-0.1, -0.05) is 11.8 Å². The lowest BCUT2D eigenvalue weighted by molar-refractivity contribution is -0.115. The Labute approximate surface area is 118 Å². The Hall–Kier alpha value is -2.42. The highest BCUT2D eigenvalue weighted by Gasteiger charge is 2.11. The number of hydrogen-bond acceptors (Lipinski definition) is 7. The molecule has 0 radical (unpaired) electrons. The number of ether oxygens (including phenoxy) is 1. The molecule has 0 aliphatic rings. The maximum absolute atomic E-state index is 11.3. The first kappa shape index (κ1) is 14.0. The first-order chi connectivity index (χ1) is 9.61. The van der Waals surface area contributed by atoms with E-state index in [1.807, 2.05) is 0 Å². The van der Waals surface area contributed by atoms with Gasteiger partial charge in [0, 0.05) is 0 Å². The summed E-state index contributed by atoms with van der Waals surface area (Å²) in [5.41, 5.74) is 6.17. The summed E-state index contributed by atoms with van der Waals surface area (Å²) in [5.74, 6) is -0.789. The van der Waals surface area contributed by atoms with Crippen LogP contribution in [0, 0.1) is 0 Å². The van der Waals surface area contributed by atoms with Crippen LogP contribution in [0.2, 0.25) is 0 Å². The Morgan fingerprint density at radius 3 is 2.65 bits per heavy atom. The molecule has 0 fully saturated rings. The molecule has 2 rings (SSSR count). The Morgan fingerprint density at radius 1 is 1.35 bits per heavy atom. The fourth-order valence-electron chi connectivity index (χ4n) is 1.42. The number of benzene rings is 1. The van der Waals surface area contributed by atoms with Crippen LogP contribution in [0.3, 0.4) is 0 Å². The van der Waals surface area contributed by atoms with Crippen LogP contribution in [0.5, 0.6) is 0 Å². The molecule has 0 atom stereocenters. The van der Waals surface area contributed by atoms with Gasteiger partial charge >= 0.3 is 5.97 Å². The van der Waals surface area contributed by atoms with Crippen LogP contribution in [0.1, 0.15) is 10.4 Å². The predicted octanol–water partition coefficient (Wildman–Crippen LogP) is 0.0263. The molecule has 0 aliphatic heterocycles. The van der Waals surface area contributed by atoms with Gasteiger partial charge in [0.05, 0.1) is 24.1 Å². The predicted molar refractivity (Wildman–Crippen MR) is 70.4 cm³/mol. The monoisotopic (exact) mass is 293 g/mol. The zero-order chi connectivity index (χ0) is 14.5. The lowest BCUT2D eigenvalue weighted by atomic mass is 10.2. The van der Waals surface area contributed by atoms with Crippen LogP contribution in [0.25, 0.3) is 5.69 Å². The maximum Gasteiger partial charge on any atom is 0.337 e. The number of tetrazole rings is 1. The number of primary amides is 1. The van der Waals surface area contributed by atoms with Crippen molar-refractivity contribution >= 4 is 23.6 Å². The summed E-state index contributed by atoms with van der Waals surface area (Å²) < 4.78 is 6.07. The van der Waals surface area contributed by atoms with Gasteiger partial charge in [-0.05, 0) is 34.7 Å². The number of esters is 1. The molecule has 1 aromatic carbocycles. The second kappa shape index (κ2) is 6.15. The molecule has 0 spiro atoms. The van der Waals surface area contributed by atoms with Gasteiger partial charge in [0.1, 0.15) is 0 Å². The molecule has 0 bridgehead atoms. The van der Waals surface area contributed by atoms with Crippen molar-refractivity contribution in [1.29, 1.82) is 0 Å². The standard InChI is InChI=1S/C11H11N5O3S/c1-19-10(18)7-2-4-8(5-3-7)16-11(13-14-15-16)20-6-9(12)17/h2-5H,6H2,1H3,(H2,12,17). The minimum atomic E-state index is -0.453. The van der Waals surface area contributed by atoms with Gasteiger partial charge in [-0.2, -0.15) is 4.68 Å². The first-order valence-electron chi connectivity index (χ1n) is 5.50. The highest BCUT2D eigenvalue weighted by atomic mass is 32.2. The van der Waals surface area contributed by atoms with E-state index in [1.54, 1.807) is 24.3 Å². The van der Waals surface area contributed by atoms with Crippen LogP contribution < -0.4 is 5.73 Å². The van der Waals surface area contributed by atoms with Crippen molar-refractivity contribution in [3.05, 3.63) is 29.8 Å².